The lowest BCUT2D eigenvalue weighted by molar-refractivity contribution is -0.154. The van der Waals surface area contributed by atoms with Crippen molar-refractivity contribution in [2.24, 2.45) is 0 Å². The van der Waals surface area contributed by atoms with Gasteiger partial charge in [-0.1, -0.05) is 0 Å². The van der Waals surface area contributed by atoms with Gasteiger partial charge < -0.3 is 5.32 Å². The van der Waals surface area contributed by atoms with Gasteiger partial charge in [-0.15, -0.1) is 0 Å². The molecule has 0 rings (SSSR count). The lowest BCUT2D eigenvalue weighted by Gasteiger charge is -2.34. The molecule has 2 nitrogen and oxygen atoms in total. The minimum Gasteiger partial charge on any atom is -0.312 e. The zero-order chi connectivity index (χ0) is 14.6. The molecule has 18 heavy (non-hydrogen) atoms. The van der Waals surface area contributed by atoms with Crippen molar-refractivity contribution >= 4 is 0 Å². The number of nitrogens with one attached hydrogen (secondary N) is 1. The summed E-state index contributed by atoms with van der Waals surface area (Å²) in [5, 5.41) is 3.30. The number of hydrogen-bond donors (Lipinski definition) is 1. The molecule has 0 spiro atoms. The number of alkyl halides is 3. The lowest BCUT2D eigenvalue weighted by atomic mass is 10.1. The summed E-state index contributed by atoms with van der Waals surface area (Å²) < 4.78 is 37.4. The highest BCUT2D eigenvalue weighted by Gasteiger charge is 2.33. The van der Waals surface area contributed by atoms with E-state index in [1.54, 1.807) is 13.8 Å². The van der Waals surface area contributed by atoms with Crippen molar-refractivity contribution in [3.63, 3.8) is 0 Å². The van der Waals surface area contributed by atoms with Gasteiger partial charge in [0.15, 0.2) is 0 Å². The van der Waals surface area contributed by atoms with Crippen molar-refractivity contribution in [2.75, 3.05) is 13.1 Å². The summed E-state index contributed by atoms with van der Waals surface area (Å²) in [5.41, 5.74) is 0.00636. The van der Waals surface area contributed by atoms with Crippen LogP contribution < -0.4 is 5.32 Å². The molecule has 0 saturated carbocycles. The molecule has 0 fully saturated rings. The Morgan fingerprint density at radius 1 is 1.06 bits per heavy atom. The van der Waals surface area contributed by atoms with E-state index in [1.807, 2.05) is 27.7 Å². The predicted octanol–water partition coefficient (Wildman–Crippen LogP) is 3.43. The average Bonchev–Trinajstić information content (AvgIpc) is 2.09. The van der Waals surface area contributed by atoms with Crippen molar-refractivity contribution in [2.45, 2.75) is 71.8 Å². The highest BCUT2D eigenvalue weighted by molar-refractivity contribution is 4.77. The summed E-state index contributed by atoms with van der Waals surface area (Å²) in [6, 6.07) is -0.183. The SMILES string of the molecule is CC(C)N(CC(F)(F)F)C(C)CCNC(C)(C)C. The number of halogens is 3. The maximum atomic E-state index is 12.5. The van der Waals surface area contributed by atoms with Crippen LogP contribution in [-0.2, 0) is 0 Å². The minimum atomic E-state index is -4.13. The van der Waals surface area contributed by atoms with Crippen molar-refractivity contribution in [1.29, 1.82) is 0 Å². The van der Waals surface area contributed by atoms with Gasteiger partial charge in [-0.2, -0.15) is 13.2 Å². The van der Waals surface area contributed by atoms with Gasteiger partial charge in [0.2, 0.25) is 0 Å². The first-order chi connectivity index (χ1) is 7.92. The summed E-state index contributed by atoms with van der Waals surface area (Å²) in [7, 11) is 0. The van der Waals surface area contributed by atoms with E-state index in [1.165, 1.54) is 4.90 Å². The first-order valence-corrected chi connectivity index (χ1v) is 6.50. The van der Waals surface area contributed by atoms with Crippen molar-refractivity contribution < 1.29 is 13.2 Å². The second-order valence-corrected chi connectivity index (χ2v) is 6.20. The first kappa shape index (κ1) is 17.7. The van der Waals surface area contributed by atoms with Gasteiger partial charge in [0.1, 0.15) is 0 Å². The normalized spacial score (nSPS) is 15.5. The maximum absolute atomic E-state index is 12.5. The Morgan fingerprint density at radius 2 is 1.56 bits per heavy atom. The van der Waals surface area contributed by atoms with Gasteiger partial charge >= 0.3 is 6.18 Å². The molecule has 0 aromatic heterocycles. The number of hydrogen-bond acceptors (Lipinski definition) is 2. The molecule has 0 saturated heterocycles. The fourth-order valence-electron chi connectivity index (χ4n) is 1.88. The predicted molar refractivity (Wildman–Crippen MR) is 69.7 cm³/mol. The molecular formula is C13H27F3N2. The molecule has 0 heterocycles. The smallest absolute Gasteiger partial charge is 0.312 e. The Hall–Kier alpha value is -0.290. The zero-order valence-electron chi connectivity index (χ0n) is 12.4. The van der Waals surface area contributed by atoms with Gasteiger partial charge in [0.25, 0.3) is 0 Å². The van der Waals surface area contributed by atoms with Crippen LogP contribution in [0.2, 0.25) is 0 Å². The minimum absolute atomic E-state index is 0.00636. The molecule has 1 N–H and O–H groups in total. The maximum Gasteiger partial charge on any atom is 0.401 e. The van der Waals surface area contributed by atoms with Crippen LogP contribution in [0, 0.1) is 0 Å². The standard InChI is InChI=1S/C13H27F3N2/c1-10(2)18(9-13(14,15)16)11(3)7-8-17-12(4,5)6/h10-11,17H,7-9H2,1-6H3. The Kier molecular flexibility index (Phi) is 6.65. The molecule has 0 aliphatic carbocycles. The highest BCUT2D eigenvalue weighted by Crippen LogP contribution is 2.20. The average molecular weight is 268 g/mol. The molecule has 0 radical (unpaired) electrons. The molecular weight excluding hydrogens is 241 g/mol. The first-order valence-electron chi connectivity index (χ1n) is 6.50. The third-order valence-corrected chi connectivity index (χ3v) is 2.81. The molecule has 5 heteroatoms. The Morgan fingerprint density at radius 3 is 1.89 bits per heavy atom. The van der Waals surface area contributed by atoms with E-state index in [9.17, 15) is 13.2 Å². The summed E-state index contributed by atoms with van der Waals surface area (Å²) in [6.07, 6.45) is -3.42. The van der Waals surface area contributed by atoms with E-state index >= 15 is 0 Å². The summed E-state index contributed by atoms with van der Waals surface area (Å²) in [6.45, 7) is 11.5. The van der Waals surface area contributed by atoms with Crippen LogP contribution >= 0.6 is 0 Å². The topological polar surface area (TPSA) is 15.3 Å². The summed E-state index contributed by atoms with van der Waals surface area (Å²) in [4.78, 5) is 1.50. The molecule has 0 bridgehead atoms. The monoisotopic (exact) mass is 268 g/mol. The molecule has 0 aromatic rings. The van der Waals surface area contributed by atoms with Crippen LogP contribution in [0.25, 0.3) is 0 Å². The number of rotatable bonds is 6. The quantitative estimate of drug-likeness (QED) is 0.794. The molecule has 110 valence electrons. The summed E-state index contributed by atoms with van der Waals surface area (Å²) in [5.74, 6) is 0. The molecule has 1 unspecified atom stereocenters. The Labute approximate surface area is 109 Å². The largest absolute Gasteiger partial charge is 0.401 e. The number of nitrogens with zero attached hydrogens (tertiary/aromatic N) is 1. The van der Waals surface area contributed by atoms with E-state index < -0.39 is 12.7 Å². The van der Waals surface area contributed by atoms with Gasteiger partial charge in [0.05, 0.1) is 6.54 Å². The Bertz CT molecular complexity index is 231. The van der Waals surface area contributed by atoms with Crippen molar-refractivity contribution in [1.82, 2.24) is 10.2 Å². The molecule has 0 aliphatic rings. The molecule has 1 atom stereocenters. The third-order valence-electron chi connectivity index (χ3n) is 2.81. The van der Waals surface area contributed by atoms with E-state index in [2.05, 4.69) is 5.32 Å². The Balaban J connectivity index is 4.28. The van der Waals surface area contributed by atoms with Gasteiger partial charge in [-0.05, 0) is 54.5 Å². The van der Waals surface area contributed by atoms with Crippen LogP contribution in [0.3, 0.4) is 0 Å². The second-order valence-electron chi connectivity index (χ2n) is 6.20. The fourth-order valence-corrected chi connectivity index (χ4v) is 1.88. The third kappa shape index (κ3) is 8.75. The molecule has 0 aromatic carbocycles. The van der Waals surface area contributed by atoms with Crippen LogP contribution in [0.1, 0.15) is 48.0 Å². The lowest BCUT2D eigenvalue weighted by Crippen LogP contribution is -2.46. The van der Waals surface area contributed by atoms with Crippen LogP contribution in [0.4, 0.5) is 13.2 Å². The van der Waals surface area contributed by atoms with Crippen LogP contribution in [0.5, 0.6) is 0 Å². The van der Waals surface area contributed by atoms with Crippen molar-refractivity contribution in [3.05, 3.63) is 0 Å². The molecule has 0 amide bonds. The van der Waals surface area contributed by atoms with Gasteiger partial charge in [-0.25, -0.2) is 0 Å². The second kappa shape index (κ2) is 6.75. The van der Waals surface area contributed by atoms with E-state index in [0.717, 1.165) is 6.54 Å². The van der Waals surface area contributed by atoms with Crippen LogP contribution in [-0.4, -0.2) is 41.8 Å². The van der Waals surface area contributed by atoms with Gasteiger partial charge in [0, 0.05) is 17.6 Å². The van der Waals surface area contributed by atoms with E-state index in [-0.39, 0.29) is 17.6 Å². The van der Waals surface area contributed by atoms with E-state index in [4.69, 9.17) is 0 Å². The molecule has 0 aliphatic heterocycles. The van der Waals surface area contributed by atoms with Gasteiger partial charge in [-0.3, -0.25) is 4.90 Å². The van der Waals surface area contributed by atoms with E-state index in [0.29, 0.717) is 6.42 Å². The fraction of sp³-hybridized carbons (Fsp3) is 1.00. The van der Waals surface area contributed by atoms with Crippen molar-refractivity contribution in [3.8, 4) is 0 Å². The van der Waals surface area contributed by atoms with Crippen LogP contribution in [0.15, 0.2) is 0 Å². The zero-order valence-corrected chi connectivity index (χ0v) is 12.4. The summed E-state index contributed by atoms with van der Waals surface area (Å²) >= 11 is 0. The highest BCUT2D eigenvalue weighted by atomic mass is 19.4.